The van der Waals surface area contributed by atoms with Crippen LogP contribution in [0.15, 0.2) is 30.3 Å². The number of nitrogens with two attached hydrogens (primary N) is 1. The Bertz CT molecular complexity index is 393. The lowest BCUT2D eigenvalue weighted by Gasteiger charge is -2.12. The molecule has 1 atom stereocenters. The van der Waals surface area contributed by atoms with Gasteiger partial charge in [0.2, 0.25) is 5.91 Å². The topological polar surface area (TPSA) is 55.1 Å². The molecule has 1 aromatic rings. The lowest BCUT2D eigenvalue weighted by Crippen LogP contribution is -2.34. The molecule has 106 valence electrons. The summed E-state index contributed by atoms with van der Waals surface area (Å²) >= 11 is 0. The fourth-order valence-electron chi connectivity index (χ4n) is 1.58. The van der Waals surface area contributed by atoms with Crippen molar-refractivity contribution in [1.29, 1.82) is 0 Å². The van der Waals surface area contributed by atoms with Gasteiger partial charge in [0.15, 0.2) is 0 Å². The Morgan fingerprint density at radius 3 is 2.42 bits per heavy atom. The Morgan fingerprint density at radius 2 is 1.84 bits per heavy atom. The van der Waals surface area contributed by atoms with Crippen LogP contribution in [0.4, 0.5) is 13.2 Å². The van der Waals surface area contributed by atoms with Gasteiger partial charge in [0.05, 0.1) is 0 Å². The highest BCUT2D eigenvalue weighted by Crippen LogP contribution is 2.21. The minimum Gasteiger partial charge on any atom is -0.354 e. The summed E-state index contributed by atoms with van der Waals surface area (Å²) in [6, 6.07) is 8.02. The lowest BCUT2D eigenvalue weighted by atomic mass is 10.1. The minimum atomic E-state index is -4.13. The van der Waals surface area contributed by atoms with E-state index in [1.165, 1.54) is 0 Å². The van der Waals surface area contributed by atoms with E-state index in [1.54, 1.807) is 24.3 Å². The van der Waals surface area contributed by atoms with E-state index in [2.05, 4.69) is 5.32 Å². The van der Waals surface area contributed by atoms with Crippen molar-refractivity contribution < 1.29 is 18.0 Å². The van der Waals surface area contributed by atoms with Gasteiger partial charge in [-0.2, -0.15) is 13.2 Å². The molecule has 3 nitrogen and oxygen atoms in total. The molecule has 1 rings (SSSR count). The van der Waals surface area contributed by atoms with E-state index in [0.29, 0.717) is 5.56 Å². The van der Waals surface area contributed by atoms with Crippen molar-refractivity contribution in [2.24, 2.45) is 5.73 Å². The van der Waals surface area contributed by atoms with E-state index in [1.807, 2.05) is 6.07 Å². The largest absolute Gasteiger partial charge is 0.389 e. The first-order chi connectivity index (χ1) is 8.90. The van der Waals surface area contributed by atoms with Gasteiger partial charge in [-0.15, -0.1) is 0 Å². The number of halogens is 3. The van der Waals surface area contributed by atoms with Crippen LogP contribution in [-0.4, -0.2) is 18.6 Å². The summed E-state index contributed by atoms with van der Waals surface area (Å²) in [6.45, 7) is 0.204. The molecule has 6 heteroatoms. The van der Waals surface area contributed by atoms with Crippen LogP contribution in [0, 0.1) is 0 Å². The van der Waals surface area contributed by atoms with Crippen LogP contribution in [0.1, 0.15) is 30.9 Å². The van der Waals surface area contributed by atoms with Crippen molar-refractivity contribution in [3.05, 3.63) is 35.9 Å². The number of amides is 1. The first-order valence-electron chi connectivity index (χ1n) is 6.05. The minimum absolute atomic E-state index is 0.00432. The van der Waals surface area contributed by atoms with Gasteiger partial charge in [-0.3, -0.25) is 4.79 Å². The highest BCUT2D eigenvalue weighted by molar-refractivity contribution is 5.82. The molecule has 1 unspecified atom stereocenters. The molecule has 1 aromatic carbocycles. The Morgan fingerprint density at radius 1 is 1.21 bits per heavy atom. The van der Waals surface area contributed by atoms with E-state index in [-0.39, 0.29) is 25.3 Å². The lowest BCUT2D eigenvalue weighted by molar-refractivity contribution is -0.135. The van der Waals surface area contributed by atoms with Crippen LogP contribution in [0.25, 0.3) is 0 Å². The number of carbonyl (C=O) groups is 1. The van der Waals surface area contributed by atoms with E-state index in [9.17, 15) is 18.0 Å². The molecule has 0 aliphatic carbocycles. The third-order valence-corrected chi connectivity index (χ3v) is 2.63. The predicted octanol–water partition coefficient (Wildman–Crippen LogP) is 2.54. The standard InChI is InChI=1S/C13H17F3N2O/c14-13(15,16)8-4-5-9-18-12(19)11(17)10-6-2-1-3-7-10/h1-3,6-7,11H,4-5,8-9,17H2,(H,18,19). The molecule has 0 heterocycles. The Hall–Kier alpha value is -1.56. The van der Waals surface area contributed by atoms with Crippen molar-refractivity contribution >= 4 is 5.91 Å². The molecule has 0 radical (unpaired) electrons. The van der Waals surface area contributed by atoms with Crippen molar-refractivity contribution in [3.63, 3.8) is 0 Å². The molecular formula is C13H17F3N2O. The molecule has 3 N–H and O–H groups in total. The normalized spacial score (nSPS) is 13.1. The second-order valence-corrected chi connectivity index (χ2v) is 4.25. The van der Waals surface area contributed by atoms with Crippen LogP contribution < -0.4 is 11.1 Å². The second-order valence-electron chi connectivity index (χ2n) is 4.25. The van der Waals surface area contributed by atoms with Crippen molar-refractivity contribution in [2.75, 3.05) is 6.54 Å². The number of benzene rings is 1. The van der Waals surface area contributed by atoms with Crippen LogP contribution in [0.5, 0.6) is 0 Å². The Kier molecular flexibility index (Phi) is 5.82. The molecule has 0 spiro atoms. The van der Waals surface area contributed by atoms with Gasteiger partial charge in [-0.25, -0.2) is 0 Å². The van der Waals surface area contributed by atoms with Gasteiger partial charge in [0, 0.05) is 13.0 Å². The third kappa shape index (κ3) is 6.24. The van der Waals surface area contributed by atoms with Crippen molar-refractivity contribution in [1.82, 2.24) is 5.32 Å². The highest BCUT2D eigenvalue weighted by Gasteiger charge is 2.25. The summed E-state index contributed by atoms with van der Waals surface area (Å²) in [7, 11) is 0. The monoisotopic (exact) mass is 274 g/mol. The molecule has 0 aliphatic rings. The fraction of sp³-hybridized carbons (Fsp3) is 0.462. The maximum absolute atomic E-state index is 11.9. The summed E-state index contributed by atoms with van der Waals surface area (Å²) in [5.41, 5.74) is 6.41. The van der Waals surface area contributed by atoms with Crippen LogP contribution in [0.2, 0.25) is 0 Å². The third-order valence-electron chi connectivity index (χ3n) is 2.63. The van der Waals surface area contributed by atoms with E-state index < -0.39 is 18.6 Å². The zero-order valence-corrected chi connectivity index (χ0v) is 10.4. The molecule has 0 saturated carbocycles. The number of hydrogen-bond acceptors (Lipinski definition) is 2. The molecular weight excluding hydrogens is 257 g/mol. The molecule has 0 bridgehead atoms. The Labute approximate surface area is 110 Å². The van der Waals surface area contributed by atoms with Gasteiger partial charge in [0.25, 0.3) is 0 Å². The number of rotatable bonds is 6. The smallest absolute Gasteiger partial charge is 0.354 e. The summed E-state index contributed by atoms with van der Waals surface area (Å²) in [6.07, 6.45) is -4.67. The summed E-state index contributed by atoms with van der Waals surface area (Å²) in [5, 5.41) is 2.54. The van der Waals surface area contributed by atoms with Gasteiger partial charge >= 0.3 is 6.18 Å². The second kappa shape index (κ2) is 7.13. The Balaban J connectivity index is 2.25. The van der Waals surface area contributed by atoms with Gasteiger partial charge in [0.1, 0.15) is 6.04 Å². The molecule has 0 aromatic heterocycles. The number of nitrogens with one attached hydrogen (secondary N) is 1. The van der Waals surface area contributed by atoms with Crippen LogP contribution in [0.3, 0.4) is 0 Å². The molecule has 19 heavy (non-hydrogen) atoms. The molecule has 0 fully saturated rings. The maximum Gasteiger partial charge on any atom is 0.389 e. The average Bonchev–Trinajstić information content (AvgIpc) is 2.37. The van der Waals surface area contributed by atoms with Crippen LogP contribution >= 0.6 is 0 Å². The highest BCUT2D eigenvalue weighted by atomic mass is 19.4. The SMILES string of the molecule is NC(C(=O)NCCCCC(F)(F)F)c1ccccc1. The van der Waals surface area contributed by atoms with Gasteiger partial charge in [-0.05, 0) is 18.4 Å². The number of alkyl halides is 3. The maximum atomic E-state index is 11.9. The quantitative estimate of drug-likeness (QED) is 0.783. The molecule has 1 amide bonds. The van der Waals surface area contributed by atoms with Gasteiger partial charge < -0.3 is 11.1 Å². The summed E-state index contributed by atoms with van der Waals surface area (Å²) in [4.78, 5) is 11.6. The van der Waals surface area contributed by atoms with E-state index >= 15 is 0 Å². The number of unbranched alkanes of at least 4 members (excludes halogenated alkanes) is 1. The van der Waals surface area contributed by atoms with E-state index in [4.69, 9.17) is 5.73 Å². The van der Waals surface area contributed by atoms with Gasteiger partial charge in [-0.1, -0.05) is 30.3 Å². The zero-order valence-electron chi connectivity index (χ0n) is 10.4. The predicted molar refractivity (Wildman–Crippen MR) is 66.3 cm³/mol. The van der Waals surface area contributed by atoms with Crippen LogP contribution in [-0.2, 0) is 4.79 Å². The molecule has 0 aliphatic heterocycles. The van der Waals surface area contributed by atoms with Crippen molar-refractivity contribution in [3.8, 4) is 0 Å². The number of carbonyl (C=O) groups excluding carboxylic acids is 1. The van der Waals surface area contributed by atoms with Crippen molar-refractivity contribution in [2.45, 2.75) is 31.5 Å². The first kappa shape index (κ1) is 15.5. The molecule has 0 saturated heterocycles. The fourth-order valence-corrected chi connectivity index (χ4v) is 1.58. The summed E-state index contributed by atoms with van der Waals surface area (Å²) < 4.78 is 35.7. The average molecular weight is 274 g/mol. The van der Waals surface area contributed by atoms with E-state index in [0.717, 1.165) is 0 Å². The summed E-state index contributed by atoms with van der Waals surface area (Å²) in [5.74, 6) is -0.377. The zero-order chi connectivity index (χ0) is 14.3. The number of hydrogen-bond donors (Lipinski definition) is 2. The first-order valence-corrected chi connectivity index (χ1v) is 6.05.